The van der Waals surface area contributed by atoms with Crippen molar-refractivity contribution in [2.45, 2.75) is 44.2 Å². The second-order valence-corrected chi connectivity index (χ2v) is 7.49. The number of halogens is 1. The molecule has 1 aliphatic heterocycles. The summed E-state index contributed by atoms with van der Waals surface area (Å²) >= 11 is 3.63. The van der Waals surface area contributed by atoms with Gasteiger partial charge in [0.1, 0.15) is 0 Å². The molecule has 3 nitrogen and oxygen atoms in total. The fraction of sp³-hybridized carbons (Fsp3) is 0.667. The smallest absolute Gasteiger partial charge is 0.0695 e. The Morgan fingerprint density at radius 3 is 2.50 bits per heavy atom. The minimum Gasteiger partial charge on any atom is -0.391 e. The second-order valence-electron chi connectivity index (χ2n) is 6.64. The van der Waals surface area contributed by atoms with E-state index in [1.165, 1.54) is 29.3 Å². The van der Waals surface area contributed by atoms with E-state index < -0.39 is 0 Å². The molecule has 2 aliphatic rings. The van der Waals surface area contributed by atoms with E-state index in [9.17, 15) is 5.11 Å². The molecule has 1 heterocycles. The summed E-state index contributed by atoms with van der Waals surface area (Å²) in [5.41, 5.74) is 1.40. The highest BCUT2D eigenvalue weighted by molar-refractivity contribution is 9.10. The van der Waals surface area contributed by atoms with Gasteiger partial charge in [-0.1, -0.05) is 47.0 Å². The SMILES string of the molecule is O[C@H]1CCCC[C@@H]1N1CCN(CCc2ccccc2Br)CC1. The van der Waals surface area contributed by atoms with Crippen LogP contribution < -0.4 is 0 Å². The summed E-state index contributed by atoms with van der Waals surface area (Å²) in [4.78, 5) is 5.09. The molecule has 1 N–H and O–H groups in total. The van der Waals surface area contributed by atoms with Crippen molar-refractivity contribution in [2.75, 3.05) is 32.7 Å². The Morgan fingerprint density at radius 1 is 1.05 bits per heavy atom. The van der Waals surface area contributed by atoms with Gasteiger partial charge >= 0.3 is 0 Å². The van der Waals surface area contributed by atoms with Crippen LogP contribution in [0.2, 0.25) is 0 Å². The van der Waals surface area contributed by atoms with Gasteiger partial charge in [-0.25, -0.2) is 0 Å². The topological polar surface area (TPSA) is 26.7 Å². The molecule has 0 radical (unpaired) electrons. The number of piperazine rings is 1. The van der Waals surface area contributed by atoms with Gasteiger partial charge in [-0.05, 0) is 30.9 Å². The average molecular weight is 367 g/mol. The third-order valence-electron chi connectivity index (χ3n) is 5.23. The Bertz CT molecular complexity index is 474. The summed E-state index contributed by atoms with van der Waals surface area (Å²) in [6.45, 7) is 5.61. The normalized spacial score (nSPS) is 27.9. The summed E-state index contributed by atoms with van der Waals surface area (Å²) in [5, 5.41) is 10.2. The van der Waals surface area contributed by atoms with E-state index in [0.717, 1.165) is 45.6 Å². The van der Waals surface area contributed by atoms with Gasteiger partial charge in [-0.15, -0.1) is 0 Å². The van der Waals surface area contributed by atoms with Crippen molar-refractivity contribution in [1.82, 2.24) is 9.80 Å². The summed E-state index contributed by atoms with van der Waals surface area (Å²) < 4.78 is 1.22. The van der Waals surface area contributed by atoms with E-state index in [-0.39, 0.29) is 6.10 Å². The van der Waals surface area contributed by atoms with Gasteiger partial charge in [-0.2, -0.15) is 0 Å². The zero-order chi connectivity index (χ0) is 15.4. The standard InChI is InChI=1S/C18H27BrN2O/c19-16-6-2-1-5-15(16)9-10-20-11-13-21(14-12-20)17-7-3-4-8-18(17)22/h1-2,5-6,17-18,22H,3-4,7-14H2/t17-,18-/m0/s1. The van der Waals surface area contributed by atoms with E-state index in [1.54, 1.807) is 0 Å². The van der Waals surface area contributed by atoms with Crippen LogP contribution in [-0.4, -0.2) is 59.8 Å². The first-order valence-corrected chi connectivity index (χ1v) is 9.41. The van der Waals surface area contributed by atoms with Gasteiger partial charge in [0, 0.05) is 43.2 Å². The van der Waals surface area contributed by atoms with Crippen molar-refractivity contribution in [1.29, 1.82) is 0 Å². The number of benzene rings is 1. The van der Waals surface area contributed by atoms with Crippen molar-refractivity contribution < 1.29 is 5.11 Å². The van der Waals surface area contributed by atoms with Crippen LogP contribution in [-0.2, 0) is 6.42 Å². The third kappa shape index (κ3) is 4.10. The molecule has 0 unspecified atom stereocenters. The number of rotatable bonds is 4. The largest absolute Gasteiger partial charge is 0.391 e. The van der Waals surface area contributed by atoms with E-state index >= 15 is 0 Å². The lowest BCUT2D eigenvalue weighted by Crippen LogP contribution is -2.54. The summed E-state index contributed by atoms with van der Waals surface area (Å²) in [6, 6.07) is 8.93. The number of hydrogen-bond acceptors (Lipinski definition) is 3. The van der Waals surface area contributed by atoms with Gasteiger partial charge in [0.25, 0.3) is 0 Å². The molecule has 0 aromatic heterocycles. The van der Waals surface area contributed by atoms with Gasteiger partial charge in [-0.3, -0.25) is 4.90 Å². The van der Waals surface area contributed by atoms with Crippen LogP contribution in [0.15, 0.2) is 28.7 Å². The van der Waals surface area contributed by atoms with Crippen LogP contribution in [0.25, 0.3) is 0 Å². The number of aliphatic hydroxyl groups excluding tert-OH is 1. The monoisotopic (exact) mass is 366 g/mol. The molecular weight excluding hydrogens is 340 g/mol. The molecule has 0 bridgehead atoms. The third-order valence-corrected chi connectivity index (χ3v) is 6.00. The molecular formula is C18H27BrN2O. The van der Waals surface area contributed by atoms with Crippen LogP contribution in [0, 0.1) is 0 Å². The van der Waals surface area contributed by atoms with Crippen molar-refractivity contribution in [3.63, 3.8) is 0 Å². The molecule has 1 aliphatic carbocycles. The van der Waals surface area contributed by atoms with Gasteiger partial charge < -0.3 is 10.0 Å². The Morgan fingerprint density at radius 2 is 1.77 bits per heavy atom. The fourth-order valence-electron chi connectivity index (χ4n) is 3.82. The number of hydrogen-bond donors (Lipinski definition) is 1. The first kappa shape index (κ1) is 16.4. The second kappa shape index (κ2) is 7.91. The number of aliphatic hydroxyl groups is 1. The Kier molecular flexibility index (Phi) is 5.91. The first-order valence-electron chi connectivity index (χ1n) is 8.62. The maximum atomic E-state index is 10.2. The van der Waals surface area contributed by atoms with Gasteiger partial charge in [0.15, 0.2) is 0 Å². The molecule has 1 aromatic rings. The lowest BCUT2D eigenvalue weighted by atomic mass is 9.91. The fourth-order valence-corrected chi connectivity index (χ4v) is 4.30. The Labute approximate surface area is 142 Å². The minimum atomic E-state index is -0.0967. The summed E-state index contributed by atoms with van der Waals surface area (Å²) in [7, 11) is 0. The highest BCUT2D eigenvalue weighted by Crippen LogP contribution is 2.24. The quantitative estimate of drug-likeness (QED) is 0.887. The average Bonchev–Trinajstić information content (AvgIpc) is 2.55. The van der Waals surface area contributed by atoms with Gasteiger partial charge in [0.2, 0.25) is 0 Å². The minimum absolute atomic E-state index is 0.0967. The molecule has 1 saturated heterocycles. The van der Waals surface area contributed by atoms with Crippen LogP contribution in [0.1, 0.15) is 31.2 Å². The molecule has 3 rings (SSSR count). The molecule has 1 aromatic carbocycles. The van der Waals surface area contributed by atoms with Crippen molar-refractivity contribution in [3.8, 4) is 0 Å². The molecule has 22 heavy (non-hydrogen) atoms. The number of nitrogens with zero attached hydrogens (tertiary/aromatic N) is 2. The van der Waals surface area contributed by atoms with E-state index in [4.69, 9.17) is 0 Å². The highest BCUT2D eigenvalue weighted by Gasteiger charge is 2.30. The predicted octanol–water partition coefficient (Wildman–Crippen LogP) is 2.91. The first-order chi connectivity index (χ1) is 10.7. The molecule has 2 atom stereocenters. The zero-order valence-corrected chi connectivity index (χ0v) is 14.8. The maximum Gasteiger partial charge on any atom is 0.0695 e. The van der Waals surface area contributed by atoms with E-state index in [0.29, 0.717) is 6.04 Å². The summed E-state index contributed by atoms with van der Waals surface area (Å²) in [6.07, 6.45) is 5.66. The molecule has 0 amide bonds. The predicted molar refractivity (Wildman–Crippen MR) is 94.1 cm³/mol. The van der Waals surface area contributed by atoms with Crippen LogP contribution in [0.3, 0.4) is 0 Å². The van der Waals surface area contributed by atoms with Crippen molar-refractivity contribution in [2.24, 2.45) is 0 Å². The van der Waals surface area contributed by atoms with E-state index in [2.05, 4.69) is 50.0 Å². The van der Waals surface area contributed by atoms with Crippen LogP contribution in [0.5, 0.6) is 0 Å². The molecule has 4 heteroatoms. The highest BCUT2D eigenvalue weighted by atomic mass is 79.9. The maximum absolute atomic E-state index is 10.2. The van der Waals surface area contributed by atoms with Crippen molar-refractivity contribution in [3.05, 3.63) is 34.3 Å². The Balaban J connectivity index is 1.45. The lowest BCUT2D eigenvalue weighted by molar-refractivity contribution is -0.00330. The molecule has 122 valence electrons. The van der Waals surface area contributed by atoms with Gasteiger partial charge in [0.05, 0.1) is 6.10 Å². The van der Waals surface area contributed by atoms with Crippen LogP contribution >= 0.6 is 15.9 Å². The summed E-state index contributed by atoms with van der Waals surface area (Å²) in [5.74, 6) is 0. The lowest BCUT2D eigenvalue weighted by Gasteiger charge is -2.42. The van der Waals surface area contributed by atoms with Crippen molar-refractivity contribution >= 4 is 15.9 Å². The zero-order valence-electron chi connectivity index (χ0n) is 13.3. The van der Waals surface area contributed by atoms with E-state index in [1.807, 2.05) is 0 Å². The molecule has 0 spiro atoms. The van der Waals surface area contributed by atoms with Crippen LogP contribution in [0.4, 0.5) is 0 Å². The Hall–Kier alpha value is -0.420. The molecule has 1 saturated carbocycles. The molecule has 2 fully saturated rings.